The minimum Gasteiger partial charge on any atom is -0.497 e. The first kappa shape index (κ1) is 33.7. The van der Waals surface area contributed by atoms with Crippen LogP contribution in [0.25, 0.3) is 0 Å². The summed E-state index contributed by atoms with van der Waals surface area (Å²) in [6, 6.07) is 30.0. The predicted octanol–water partition coefficient (Wildman–Crippen LogP) is 5.51. The third-order valence-electron chi connectivity index (χ3n) is 8.39. The Bertz CT molecular complexity index is 1720. The molecule has 10 heteroatoms. The van der Waals surface area contributed by atoms with Gasteiger partial charge in [0.05, 0.1) is 19.1 Å². The average Bonchev–Trinajstić information content (AvgIpc) is 3.67. The molecule has 4 aromatic rings. The fourth-order valence-corrected chi connectivity index (χ4v) is 7.21. The van der Waals surface area contributed by atoms with E-state index in [2.05, 4.69) is 5.32 Å². The lowest BCUT2D eigenvalue weighted by molar-refractivity contribution is -0.141. The van der Waals surface area contributed by atoms with E-state index in [1.165, 1.54) is 4.31 Å². The van der Waals surface area contributed by atoms with Gasteiger partial charge in [-0.1, -0.05) is 66.7 Å². The Morgan fingerprint density at radius 2 is 1.32 bits per heavy atom. The fourth-order valence-electron chi connectivity index (χ4n) is 5.69. The van der Waals surface area contributed by atoms with Crippen molar-refractivity contribution in [2.75, 3.05) is 27.3 Å². The second-order valence-electron chi connectivity index (χ2n) is 11.5. The maximum Gasteiger partial charge on any atom is 0.247 e. The van der Waals surface area contributed by atoms with Gasteiger partial charge >= 0.3 is 0 Å². The zero-order chi connectivity index (χ0) is 33.2. The van der Waals surface area contributed by atoms with Gasteiger partial charge in [-0.3, -0.25) is 9.59 Å². The van der Waals surface area contributed by atoms with Gasteiger partial charge < -0.3 is 19.7 Å². The van der Waals surface area contributed by atoms with Crippen molar-refractivity contribution in [2.24, 2.45) is 0 Å². The molecule has 246 valence electrons. The Morgan fingerprint density at radius 1 is 0.766 bits per heavy atom. The van der Waals surface area contributed by atoms with Crippen LogP contribution in [0.15, 0.2) is 108 Å². The van der Waals surface area contributed by atoms with Crippen molar-refractivity contribution in [1.29, 1.82) is 0 Å². The summed E-state index contributed by atoms with van der Waals surface area (Å²) in [5.41, 5.74) is 3.27. The minimum atomic E-state index is -3.52. The van der Waals surface area contributed by atoms with Gasteiger partial charge in [0.1, 0.15) is 17.5 Å². The summed E-state index contributed by atoms with van der Waals surface area (Å²) in [6.07, 6.45) is 2.26. The van der Waals surface area contributed by atoms with E-state index in [1.54, 1.807) is 43.4 Å². The number of carbonyl (C=O) groups excluding carboxylic acids is 2. The van der Waals surface area contributed by atoms with Gasteiger partial charge in [-0.15, -0.1) is 0 Å². The normalized spacial score (nSPS) is 13.9. The van der Waals surface area contributed by atoms with Crippen LogP contribution < -0.4 is 14.8 Å². The first-order chi connectivity index (χ1) is 22.8. The van der Waals surface area contributed by atoms with E-state index in [0.29, 0.717) is 30.8 Å². The molecule has 0 spiro atoms. The topological polar surface area (TPSA) is 105 Å². The number of amides is 2. The van der Waals surface area contributed by atoms with Gasteiger partial charge in [0.15, 0.2) is 0 Å². The number of hydrogen-bond donors (Lipinski definition) is 1. The number of hydrogen-bond acceptors (Lipinski definition) is 6. The molecule has 0 saturated carbocycles. The van der Waals surface area contributed by atoms with Crippen molar-refractivity contribution < 1.29 is 27.5 Å². The highest BCUT2D eigenvalue weighted by Crippen LogP contribution is 2.27. The number of nitrogens with zero attached hydrogens (tertiary/aromatic N) is 2. The van der Waals surface area contributed by atoms with E-state index in [-0.39, 0.29) is 36.2 Å². The van der Waals surface area contributed by atoms with Gasteiger partial charge in [-0.2, -0.15) is 4.31 Å². The molecule has 4 aromatic carbocycles. The fraction of sp³-hybridized carbons (Fsp3) is 0.297. The zero-order valence-corrected chi connectivity index (χ0v) is 27.6. The van der Waals surface area contributed by atoms with Crippen molar-refractivity contribution in [2.45, 2.75) is 49.7 Å². The van der Waals surface area contributed by atoms with E-state index < -0.39 is 16.1 Å². The predicted molar refractivity (Wildman–Crippen MR) is 180 cm³/mol. The Kier molecular flexibility index (Phi) is 11.3. The number of nitrogens with one attached hydrogen (secondary N) is 1. The molecule has 1 heterocycles. The summed E-state index contributed by atoms with van der Waals surface area (Å²) in [7, 11) is -0.325. The van der Waals surface area contributed by atoms with E-state index in [9.17, 15) is 18.0 Å². The molecule has 2 amide bonds. The van der Waals surface area contributed by atoms with Crippen LogP contribution in [-0.4, -0.2) is 56.7 Å². The SMILES string of the molecule is COc1ccc(CNC(=O)[C@@H](c2ccccc2)N(Cc2ccc(OC)cc2)C(=O)CCc2ccc(S(=O)(=O)N3CCCC3)cc2)cc1. The lowest BCUT2D eigenvalue weighted by atomic mass is 10.0. The van der Waals surface area contributed by atoms with Crippen molar-refractivity contribution in [3.8, 4) is 11.5 Å². The molecule has 0 unspecified atom stereocenters. The average molecular weight is 656 g/mol. The van der Waals surface area contributed by atoms with Crippen molar-refractivity contribution in [1.82, 2.24) is 14.5 Å². The second-order valence-corrected chi connectivity index (χ2v) is 13.4. The van der Waals surface area contributed by atoms with Crippen molar-refractivity contribution >= 4 is 21.8 Å². The molecule has 0 radical (unpaired) electrons. The molecule has 47 heavy (non-hydrogen) atoms. The number of ether oxygens (including phenoxy) is 2. The van der Waals surface area contributed by atoms with Crippen LogP contribution in [0.4, 0.5) is 0 Å². The van der Waals surface area contributed by atoms with E-state index in [4.69, 9.17) is 9.47 Å². The maximum atomic E-state index is 14.1. The number of carbonyl (C=O) groups is 2. The number of benzene rings is 4. The van der Waals surface area contributed by atoms with Crippen LogP contribution in [-0.2, 0) is 39.1 Å². The van der Waals surface area contributed by atoms with Crippen molar-refractivity contribution in [3.05, 3.63) is 125 Å². The summed E-state index contributed by atoms with van der Waals surface area (Å²) >= 11 is 0. The highest BCUT2D eigenvalue weighted by molar-refractivity contribution is 7.89. The molecule has 1 fully saturated rings. The molecular formula is C37H41N3O6S. The molecule has 1 saturated heterocycles. The molecule has 5 rings (SSSR count). The maximum absolute atomic E-state index is 14.1. The first-order valence-corrected chi connectivity index (χ1v) is 17.2. The van der Waals surface area contributed by atoms with Crippen molar-refractivity contribution in [3.63, 3.8) is 0 Å². The molecule has 0 aromatic heterocycles. The molecular weight excluding hydrogens is 614 g/mol. The van der Waals surface area contributed by atoms with Gasteiger partial charge in [0.2, 0.25) is 21.8 Å². The largest absolute Gasteiger partial charge is 0.497 e. The van der Waals surface area contributed by atoms with Crippen LogP contribution in [0.2, 0.25) is 0 Å². The van der Waals surface area contributed by atoms with E-state index in [0.717, 1.165) is 35.3 Å². The summed E-state index contributed by atoms with van der Waals surface area (Å²) in [4.78, 5) is 30.0. The van der Waals surface area contributed by atoms with Crippen LogP contribution in [0, 0.1) is 0 Å². The van der Waals surface area contributed by atoms with Crippen LogP contribution in [0.5, 0.6) is 11.5 Å². The number of methoxy groups -OCH3 is 2. The number of aryl methyl sites for hydroxylation is 1. The Morgan fingerprint density at radius 3 is 1.89 bits per heavy atom. The third kappa shape index (κ3) is 8.58. The lowest BCUT2D eigenvalue weighted by Gasteiger charge is -2.32. The second kappa shape index (κ2) is 15.8. The van der Waals surface area contributed by atoms with Gasteiger partial charge in [0, 0.05) is 32.6 Å². The molecule has 9 nitrogen and oxygen atoms in total. The van der Waals surface area contributed by atoms with Gasteiger partial charge in [0.25, 0.3) is 0 Å². The van der Waals surface area contributed by atoms with Gasteiger partial charge in [-0.25, -0.2) is 8.42 Å². The standard InChI is InChI=1S/C37H41N3O6S/c1-45-32-17-10-29(11-18-32)26-38-37(42)36(31-8-4-3-5-9-31)40(27-30-12-19-33(46-2)20-13-30)35(41)23-16-28-14-21-34(22-15-28)47(43,44)39-24-6-7-25-39/h3-5,8-15,17-22,36H,6-7,16,23-27H2,1-2H3,(H,38,42)/t36-/m1/s1. The molecule has 0 aliphatic carbocycles. The number of rotatable bonds is 14. The van der Waals surface area contributed by atoms with Gasteiger partial charge in [-0.05, 0) is 77.9 Å². The minimum absolute atomic E-state index is 0.128. The highest BCUT2D eigenvalue weighted by Gasteiger charge is 2.32. The zero-order valence-electron chi connectivity index (χ0n) is 26.8. The molecule has 1 aliphatic heterocycles. The quantitative estimate of drug-likeness (QED) is 0.192. The van der Waals surface area contributed by atoms with Crippen LogP contribution >= 0.6 is 0 Å². The molecule has 1 atom stereocenters. The van der Waals surface area contributed by atoms with Crippen LogP contribution in [0.1, 0.15) is 47.6 Å². The smallest absolute Gasteiger partial charge is 0.247 e. The Labute approximate surface area is 277 Å². The van der Waals surface area contributed by atoms with Crippen LogP contribution in [0.3, 0.4) is 0 Å². The molecule has 1 N–H and O–H groups in total. The monoisotopic (exact) mass is 655 g/mol. The number of sulfonamides is 1. The third-order valence-corrected chi connectivity index (χ3v) is 10.3. The first-order valence-electron chi connectivity index (χ1n) is 15.8. The summed E-state index contributed by atoms with van der Waals surface area (Å²) in [5, 5.41) is 3.04. The Hall–Kier alpha value is -4.67. The lowest BCUT2D eigenvalue weighted by Crippen LogP contribution is -2.43. The highest BCUT2D eigenvalue weighted by atomic mass is 32.2. The molecule has 0 bridgehead atoms. The summed E-state index contributed by atoms with van der Waals surface area (Å²) in [5.74, 6) is 0.911. The molecule has 1 aliphatic rings. The Balaban J connectivity index is 1.37. The summed E-state index contributed by atoms with van der Waals surface area (Å²) in [6.45, 7) is 1.56. The summed E-state index contributed by atoms with van der Waals surface area (Å²) < 4.78 is 38.0. The van der Waals surface area contributed by atoms with E-state index in [1.807, 2.05) is 78.9 Å². The van der Waals surface area contributed by atoms with E-state index >= 15 is 0 Å².